The number of hydrogen-bond donors (Lipinski definition) is 2. The maximum atomic E-state index is 11.7. The molecule has 17 heavy (non-hydrogen) atoms. The summed E-state index contributed by atoms with van der Waals surface area (Å²) >= 11 is 0. The molecule has 1 fully saturated rings. The zero-order valence-corrected chi connectivity index (χ0v) is 12.5. The average molecular weight is 286 g/mol. The number of likely N-dealkylation sites (tertiary alicyclic amines) is 1. The molecule has 1 aliphatic heterocycles. The highest BCUT2D eigenvalue weighted by atomic mass is 35.5. The molecule has 0 radical (unpaired) electrons. The first-order chi connectivity index (χ1) is 7.13. The normalized spacial score (nSPS) is 18.8. The first-order valence-electron chi connectivity index (χ1n) is 5.77. The van der Waals surface area contributed by atoms with Crippen molar-refractivity contribution >= 4 is 30.7 Å². The zero-order valence-electron chi connectivity index (χ0n) is 10.9. The fourth-order valence-electron chi connectivity index (χ4n) is 1.90. The highest BCUT2D eigenvalue weighted by Crippen LogP contribution is 2.08. The predicted octanol–water partition coefficient (Wildman–Crippen LogP) is 0.896. The van der Waals surface area contributed by atoms with Crippen molar-refractivity contribution in [2.45, 2.75) is 25.8 Å². The lowest BCUT2D eigenvalue weighted by Gasteiger charge is -2.30. The van der Waals surface area contributed by atoms with Gasteiger partial charge in [0, 0.05) is 18.5 Å². The summed E-state index contributed by atoms with van der Waals surface area (Å²) in [6.45, 7) is 4.88. The molecule has 1 unspecified atom stereocenters. The lowest BCUT2D eigenvalue weighted by atomic mass is 10.0. The summed E-state index contributed by atoms with van der Waals surface area (Å²) in [5.74, 6) is 0.244. The topological polar surface area (TPSA) is 44.4 Å². The van der Waals surface area contributed by atoms with Gasteiger partial charge in [-0.3, -0.25) is 4.79 Å². The van der Waals surface area contributed by atoms with Crippen LogP contribution in [0.2, 0.25) is 0 Å². The van der Waals surface area contributed by atoms with Gasteiger partial charge in [0.15, 0.2) is 0 Å². The van der Waals surface area contributed by atoms with Crippen LogP contribution in [0.25, 0.3) is 0 Å². The number of piperidine rings is 1. The summed E-state index contributed by atoms with van der Waals surface area (Å²) in [6, 6.07) is 0.382. The number of carbonyl (C=O) groups is 1. The number of nitrogens with one attached hydrogen (secondary N) is 2. The van der Waals surface area contributed by atoms with Gasteiger partial charge in [-0.05, 0) is 40.0 Å². The highest BCUT2D eigenvalue weighted by molar-refractivity contribution is 5.85. The van der Waals surface area contributed by atoms with E-state index in [2.05, 4.69) is 22.6 Å². The minimum atomic E-state index is 0. The molecule has 4 nitrogen and oxygen atoms in total. The highest BCUT2D eigenvalue weighted by Gasteiger charge is 2.20. The van der Waals surface area contributed by atoms with Crippen LogP contribution in [0.4, 0.5) is 0 Å². The third-order valence-corrected chi connectivity index (χ3v) is 3.02. The average Bonchev–Trinajstić information content (AvgIpc) is 2.22. The van der Waals surface area contributed by atoms with E-state index in [4.69, 9.17) is 0 Å². The quantitative estimate of drug-likeness (QED) is 0.807. The molecule has 104 valence electrons. The van der Waals surface area contributed by atoms with Crippen molar-refractivity contribution in [3.63, 3.8) is 0 Å². The van der Waals surface area contributed by atoms with E-state index >= 15 is 0 Å². The second-order valence-electron chi connectivity index (χ2n) is 4.54. The van der Waals surface area contributed by atoms with Gasteiger partial charge in [0.05, 0.1) is 0 Å². The molecule has 1 atom stereocenters. The minimum absolute atomic E-state index is 0. The number of carbonyl (C=O) groups excluding carboxylic acids is 1. The molecule has 1 aliphatic rings. The molecule has 0 aromatic carbocycles. The molecule has 1 rings (SSSR count). The third-order valence-electron chi connectivity index (χ3n) is 3.02. The first-order valence-corrected chi connectivity index (χ1v) is 5.77. The molecule has 0 aliphatic carbocycles. The molecular weight excluding hydrogens is 261 g/mol. The van der Waals surface area contributed by atoms with Gasteiger partial charge >= 0.3 is 0 Å². The van der Waals surface area contributed by atoms with Crippen molar-refractivity contribution in [1.29, 1.82) is 0 Å². The second-order valence-corrected chi connectivity index (χ2v) is 4.54. The van der Waals surface area contributed by atoms with Crippen LogP contribution in [-0.2, 0) is 4.79 Å². The Bertz CT molecular complexity index is 209. The molecule has 1 saturated heterocycles. The third kappa shape index (κ3) is 7.09. The van der Waals surface area contributed by atoms with Crippen LogP contribution < -0.4 is 10.6 Å². The van der Waals surface area contributed by atoms with Crippen LogP contribution in [0.15, 0.2) is 0 Å². The van der Waals surface area contributed by atoms with Crippen LogP contribution in [0.3, 0.4) is 0 Å². The molecule has 6 heteroatoms. The van der Waals surface area contributed by atoms with Crippen molar-refractivity contribution < 1.29 is 4.79 Å². The fourth-order valence-corrected chi connectivity index (χ4v) is 1.90. The maximum absolute atomic E-state index is 11.7. The fraction of sp³-hybridized carbons (Fsp3) is 0.909. The van der Waals surface area contributed by atoms with E-state index < -0.39 is 0 Å². The number of amides is 1. The van der Waals surface area contributed by atoms with E-state index in [0.717, 1.165) is 32.5 Å². The Balaban J connectivity index is 0. The Morgan fingerprint density at radius 2 is 1.88 bits per heavy atom. The van der Waals surface area contributed by atoms with Gasteiger partial charge in [-0.25, -0.2) is 0 Å². The van der Waals surface area contributed by atoms with E-state index in [9.17, 15) is 4.79 Å². The number of rotatable bonds is 4. The number of nitrogens with zero attached hydrogens (tertiary/aromatic N) is 1. The lowest BCUT2D eigenvalue weighted by Crippen LogP contribution is -2.46. The lowest BCUT2D eigenvalue weighted by molar-refractivity contribution is -0.125. The summed E-state index contributed by atoms with van der Waals surface area (Å²) in [5, 5.41) is 6.14. The van der Waals surface area contributed by atoms with Gasteiger partial charge in [0.1, 0.15) is 0 Å². The van der Waals surface area contributed by atoms with E-state index in [-0.39, 0.29) is 36.6 Å². The van der Waals surface area contributed by atoms with Crippen LogP contribution >= 0.6 is 24.8 Å². The number of hydrogen-bond acceptors (Lipinski definition) is 3. The smallest absolute Gasteiger partial charge is 0.224 e. The van der Waals surface area contributed by atoms with Crippen molar-refractivity contribution in [1.82, 2.24) is 15.5 Å². The second kappa shape index (κ2) is 9.95. The largest absolute Gasteiger partial charge is 0.353 e. The minimum Gasteiger partial charge on any atom is -0.353 e. The molecule has 1 amide bonds. The summed E-state index contributed by atoms with van der Waals surface area (Å²) < 4.78 is 0. The van der Waals surface area contributed by atoms with Crippen LogP contribution in [-0.4, -0.2) is 50.6 Å². The zero-order chi connectivity index (χ0) is 11.3. The van der Waals surface area contributed by atoms with Crippen LogP contribution in [0.1, 0.15) is 19.8 Å². The Hall–Kier alpha value is -0.0300. The molecule has 0 spiro atoms. The van der Waals surface area contributed by atoms with Gasteiger partial charge in [0.25, 0.3) is 0 Å². The molecular formula is C11H25Cl2N3O. The van der Waals surface area contributed by atoms with Crippen molar-refractivity contribution in [3.8, 4) is 0 Å². The summed E-state index contributed by atoms with van der Waals surface area (Å²) in [6.07, 6.45) is 2.16. The van der Waals surface area contributed by atoms with Gasteiger partial charge in [-0.1, -0.05) is 6.92 Å². The Labute approximate surface area is 117 Å². The molecule has 0 bridgehead atoms. The van der Waals surface area contributed by atoms with Crippen molar-refractivity contribution in [3.05, 3.63) is 0 Å². The van der Waals surface area contributed by atoms with Gasteiger partial charge in [-0.15, -0.1) is 24.8 Å². The maximum Gasteiger partial charge on any atom is 0.224 e. The molecule has 2 N–H and O–H groups in total. The predicted molar refractivity (Wildman–Crippen MR) is 76.2 cm³/mol. The standard InChI is InChI=1S/C11H23N3O.2ClH/c1-9(8-12-2)11(15)13-10-4-6-14(3)7-5-10;;/h9-10,12H,4-8H2,1-3H3,(H,13,15);2*1H. The van der Waals surface area contributed by atoms with E-state index in [0.29, 0.717) is 6.04 Å². The Morgan fingerprint density at radius 1 is 1.35 bits per heavy atom. The molecule has 0 saturated carbocycles. The SMILES string of the molecule is CNCC(C)C(=O)NC1CCN(C)CC1.Cl.Cl. The van der Waals surface area contributed by atoms with Gasteiger partial charge in [-0.2, -0.15) is 0 Å². The number of halogens is 2. The van der Waals surface area contributed by atoms with Crippen LogP contribution in [0, 0.1) is 5.92 Å². The molecule has 0 aromatic rings. The monoisotopic (exact) mass is 285 g/mol. The molecule has 0 aromatic heterocycles. The van der Waals surface area contributed by atoms with E-state index in [1.807, 2.05) is 14.0 Å². The Morgan fingerprint density at radius 3 is 2.35 bits per heavy atom. The summed E-state index contributed by atoms with van der Waals surface area (Å²) in [7, 11) is 4.00. The van der Waals surface area contributed by atoms with E-state index in [1.54, 1.807) is 0 Å². The van der Waals surface area contributed by atoms with E-state index in [1.165, 1.54) is 0 Å². The van der Waals surface area contributed by atoms with Gasteiger partial charge < -0.3 is 15.5 Å². The summed E-state index contributed by atoms with van der Waals surface area (Å²) in [5.41, 5.74) is 0. The van der Waals surface area contributed by atoms with Crippen molar-refractivity contribution in [2.24, 2.45) is 5.92 Å². The van der Waals surface area contributed by atoms with Gasteiger partial charge in [0.2, 0.25) is 5.91 Å². The Kier molecular flexibility index (Phi) is 11.3. The first kappa shape index (κ1) is 19.3. The molecule has 1 heterocycles. The summed E-state index contributed by atoms with van der Waals surface area (Å²) in [4.78, 5) is 14.0. The van der Waals surface area contributed by atoms with Crippen molar-refractivity contribution in [2.75, 3.05) is 33.7 Å². The van der Waals surface area contributed by atoms with Crippen LogP contribution in [0.5, 0.6) is 0 Å².